The number of rotatable bonds is 11. The highest BCUT2D eigenvalue weighted by Crippen LogP contribution is 2.35. The summed E-state index contributed by atoms with van der Waals surface area (Å²) in [5.74, 6) is 0.997. The van der Waals surface area contributed by atoms with Crippen LogP contribution in [0.2, 0.25) is 0 Å². The van der Waals surface area contributed by atoms with E-state index in [-0.39, 0.29) is 0 Å². The lowest BCUT2D eigenvalue weighted by Crippen LogP contribution is -2.47. The Labute approximate surface area is 125 Å². The Morgan fingerprint density at radius 3 is 2.21 bits per heavy atom. The van der Waals surface area contributed by atoms with Gasteiger partial charge in [0.05, 0.1) is 0 Å². The molecule has 0 bridgehead atoms. The van der Waals surface area contributed by atoms with Gasteiger partial charge in [0.15, 0.2) is 0 Å². The van der Waals surface area contributed by atoms with Crippen LogP contribution in [0.15, 0.2) is 0 Å². The van der Waals surface area contributed by atoms with Crippen LogP contribution in [-0.2, 0) is 0 Å². The summed E-state index contributed by atoms with van der Waals surface area (Å²) in [5.41, 5.74) is 0.387. The second kappa shape index (κ2) is 9.25. The molecule has 0 aromatic heterocycles. The summed E-state index contributed by atoms with van der Waals surface area (Å²) in [6.07, 6.45) is 10.1. The van der Waals surface area contributed by atoms with Gasteiger partial charge in [0.1, 0.15) is 0 Å². The third kappa shape index (κ3) is 5.28. The van der Waals surface area contributed by atoms with Crippen LogP contribution >= 0.6 is 12.6 Å². The van der Waals surface area contributed by atoms with Crippen molar-refractivity contribution in [3.63, 3.8) is 0 Å². The van der Waals surface area contributed by atoms with Crippen LogP contribution in [-0.4, -0.2) is 41.5 Å². The van der Waals surface area contributed by atoms with E-state index in [0.29, 0.717) is 12.0 Å². The Morgan fingerprint density at radius 2 is 1.84 bits per heavy atom. The summed E-state index contributed by atoms with van der Waals surface area (Å²) in [7, 11) is 0. The lowest BCUT2D eigenvalue weighted by Gasteiger charge is -2.44. The first-order chi connectivity index (χ1) is 9.21. The SMILES string of the molecule is CCCC(CS)(CCC)CN(CCCO)C1CCC1. The number of aliphatic hydroxyl groups excluding tert-OH is 1. The van der Waals surface area contributed by atoms with Gasteiger partial charge in [0.2, 0.25) is 0 Å². The molecular formula is C16H33NOS. The Balaban J connectivity index is 2.64. The largest absolute Gasteiger partial charge is 0.396 e. The molecule has 0 heterocycles. The molecule has 1 rings (SSSR count). The van der Waals surface area contributed by atoms with Gasteiger partial charge in [0, 0.05) is 25.7 Å². The zero-order valence-corrected chi connectivity index (χ0v) is 13.8. The van der Waals surface area contributed by atoms with E-state index in [9.17, 15) is 0 Å². The third-order valence-corrected chi connectivity index (χ3v) is 5.30. The molecule has 1 saturated carbocycles. The minimum absolute atomic E-state index is 0.318. The molecule has 2 nitrogen and oxygen atoms in total. The zero-order valence-electron chi connectivity index (χ0n) is 12.9. The predicted octanol–water partition coefficient (Wildman–Crippen LogP) is 3.74. The van der Waals surface area contributed by atoms with Gasteiger partial charge in [-0.2, -0.15) is 12.6 Å². The summed E-state index contributed by atoms with van der Waals surface area (Å²) in [4.78, 5) is 2.65. The predicted molar refractivity (Wildman–Crippen MR) is 87.0 cm³/mol. The molecular weight excluding hydrogens is 254 g/mol. The molecule has 0 radical (unpaired) electrons. The van der Waals surface area contributed by atoms with Crippen molar-refractivity contribution in [3.05, 3.63) is 0 Å². The molecule has 0 aromatic rings. The summed E-state index contributed by atoms with van der Waals surface area (Å²) in [6.45, 7) is 7.14. The summed E-state index contributed by atoms with van der Waals surface area (Å²) in [5, 5.41) is 9.11. The van der Waals surface area contributed by atoms with E-state index >= 15 is 0 Å². The fourth-order valence-electron chi connectivity index (χ4n) is 3.40. The maximum Gasteiger partial charge on any atom is 0.0443 e. The number of hydrogen-bond acceptors (Lipinski definition) is 3. The lowest BCUT2D eigenvalue weighted by molar-refractivity contribution is 0.0625. The zero-order chi connectivity index (χ0) is 14.1. The highest BCUT2D eigenvalue weighted by molar-refractivity contribution is 7.80. The maximum atomic E-state index is 9.11. The first kappa shape index (κ1) is 17.3. The summed E-state index contributed by atoms with van der Waals surface area (Å²) < 4.78 is 0. The first-order valence-electron chi connectivity index (χ1n) is 8.17. The van der Waals surface area contributed by atoms with Crippen LogP contribution in [0.1, 0.15) is 65.2 Å². The lowest BCUT2D eigenvalue weighted by atomic mass is 9.79. The standard InChI is InChI=1S/C16H33NOS/c1-3-9-16(14-19,10-4-2)13-17(11-6-12-18)15-7-5-8-15/h15,18-19H,3-14H2,1-2H3. The van der Waals surface area contributed by atoms with Gasteiger partial charge < -0.3 is 5.11 Å². The van der Waals surface area contributed by atoms with Gasteiger partial charge in [-0.25, -0.2) is 0 Å². The average molecular weight is 288 g/mol. The molecule has 1 N–H and O–H groups in total. The molecule has 0 unspecified atom stereocenters. The van der Waals surface area contributed by atoms with E-state index in [1.54, 1.807) is 0 Å². The van der Waals surface area contributed by atoms with Crippen molar-refractivity contribution >= 4 is 12.6 Å². The van der Waals surface area contributed by atoms with Gasteiger partial charge in [-0.15, -0.1) is 0 Å². The Kier molecular flexibility index (Phi) is 8.43. The van der Waals surface area contributed by atoms with Crippen LogP contribution < -0.4 is 0 Å². The van der Waals surface area contributed by atoms with Crippen LogP contribution in [0, 0.1) is 5.41 Å². The second-order valence-electron chi connectivity index (χ2n) is 6.29. The fourth-order valence-corrected chi connectivity index (χ4v) is 3.82. The van der Waals surface area contributed by atoms with Crippen LogP contribution in [0.25, 0.3) is 0 Å². The van der Waals surface area contributed by atoms with Gasteiger partial charge in [-0.1, -0.05) is 33.1 Å². The van der Waals surface area contributed by atoms with Gasteiger partial charge >= 0.3 is 0 Å². The highest BCUT2D eigenvalue weighted by Gasteiger charge is 2.33. The number of aliphatic hydroxyl groups is 1. The molecule has 114 valence electrons. The second-order valence-corrected chi connectivity index (χ2v) is 6.61. The fraction of sp³-hybridized carbons (Fsp3) is 1.00. The molecule has 19 heavy (non-hydrogen) atoms. The summed E-state index contributed by atoms with van der Waals surface area (Å²) >= 11 is 4.67. The van der Waals surface area contributed by atoms with E-state index in [1.165, 1.54) is 51.5 Å². The van der Waals surface area contributed by atoms with E-state index in [0.717, 1.165) is 24.8 Å². The molecule has 1 aliphatic rings. The van der Waals surface area contributed by atoms with Crippen molar-refractivity contribution in [2.45, 2.75) is 71.3 Å². The van der Waals surface area contributed by atoms with Crippen LogP contribution in [0.5, 0.6) is 0 Å². The Hall–Kier alpha value is 0.270. The molecule has 3 heteroatoms. The van der Waals surface area contributed by atoms with E-state index < -0.39 is 0 Å². The van der Waals surface area contributed by atoms with Crippen molar-refractivity contribution in [2.75, 3.05) is 25.4 Å². The van der Waals surface area contributed by atoms with Gasteiger partial charge in [0.25, 0.3) is 0 Å². The van der Waals surface area contributed by atoms with Crippen LogP contribution in [0.3, 0.4) is 0 Å². The quantitative estimate of drug-likeness (QED) is 0.566. The Morgan fingerprint density at radius 1 is 1.21 bits per heavy atom. The molecule has 0 spiro atoms. The minimum atomic E-state index is 0.318. The molecule has 0 aromatic carbocycles. The monoisotopic (exact) mass is 287 g/mol. The van der Waals surface area contributed by atoms with Crippen molar-refractivity contribution in [2.24, 2.45) is 5.41 Å². The molecule has 0 aliphatic heterocycles. The normalized spacial score (nSPS) is 16.9. The number of thiol groups is 1. The molecule has 0 saturated heterocycles. The maximum absolute atomic E-state index is 9.11. The van der Waals surface area contributed by atoms with E-state index in [2.05, 4.69) is 31.4 Å². The first-order valence-corrected chi connectivity index (χ1v) is 8.80. The Bertz CT molecular complexity index is 225. The molecule has 0 atom stereocenters. The topological polar surface area (TPSA) is 23.5 Å². The number of nitrogens with zero attached hydrogens (tertiary/aromatic N) is 1. The van der Waals surface area contributed by atoms with Crippen molar-refractivity contribution in [3.8, 4) is 0 Å². The van der Waals surface area contributed by atoms with Crippen molar-refractivity contribution in [1.29, 1.82) is 0 Å². The van der Waals surface area contributed by atoms with E-state index in [1.807, 2.05) is 0 Å². The summed E-state index contributed by atoms with van der Waals surface area (Å²) in [6, 6.07) is 0.777. The van der Waals surface area contributed by atoms with Crippen molar-refractivity contribution in [1.82, 2.24) is 4.90 Å². The highest BCUT2D eigenvalue weighted by atomic mass is 32.1. The van der Waals surface area contributed by atoms with Crippen molar-refractivity contribution < 1.29 is 5.11 Å². The minimum Gasteiger partial charge on any atom is -0.396 e. The van der Waals surface area contributed by atoms with Gasteiger partial charge in [-0.3, -0.25) is 4.90 Å². The van der Waals surface area contributed by atoms with Crippen LogP contribution in [0.4, 0.5) is 0 Å². The van der Waals surface area contributed by atoms with Gasteiger partial charge in [-0.05, 0) is 43.3 Å². The van der Waals surface area contributed by atoms with E-state index in [4.69, 9.17) is 5.11 Å². The molecule has 0 amide bonds. The smallest absolute Gasteiger partial charge is 0.0443 e. The third-order valence-electron chi connectivity index (χ3n) is 4.63. The molecule has 1 aliphatic carbocycles. The average Bonchev–Trinajstić information content (AvgIpc) is 2.34. The number of hydrogen-bond donors (Lipinski definition) is 2. The molecule has 1 fully saturated rings.